The highest BCUT2D eigenvalue weighted by atomic mass is 19.1. The van der Waals surface area contributed by atoms with E-state index in [1.807, 2.05) is 13.0 Å². The van der Waals surface area contributed by atoms with E-state index in [1.54, 1.807) is 43.4 Å². The molecule has 30 heavy (non-hydrogen) atoms. The van der Waals surface area contributed by atoms with Crippen molar-refractivity contribution in [1.82, 2.24) is 15.1 Å². The summed E-state index contributed by atoms with van der Waals surface area (Å²) < 4.78 is 21.5. The summed E-state index contributed by atoms with van der Waals surface area (Å²) in [5.41, 5.74) is 4.63. The predicted octanol–water partition coefficient (Wildman–Crippen LogP) is 4.99. The largest absolute Gasteiger partial charge is 0.496 e. The molecule has 0 spiro atoms. The molecule has 0 unspecified atom stereocenters. The van der Waals surface area contributed by atoms with E-state index in [0.717, 1.165) is 22.4 Å². The Morgan fingerprint density at radius 1 is 1.27 bits per heavy atom. The number of nitrogens with zero attached hydrogens (tertiary/aromatic N) is 2. The number of hydrogen-bond donors (Lipinski definition) is 2. The van der Waals surface area contributed by atoms with Crippen LogP contribution in [0.25, 0.3) is 11.1 Å². The lowest BCUT2D eigenvalue weighted by molar-refractivity contribution is 0.251. The van der Waals surface area contributed by atoms with Gasteiger partial charge in [0.2, 0.25) is 0 Å². The van der Waals surface area contributed by atoms with Crippen LogP contribution in [-0.2, 0) is 13.6 Å². The molecule has 0 bridgehead atoms. The van der Waals surface area contributed by atoms with Crippen LogP contribution in [0.3, 0.4) is 0 Å². The normalized spacial score (nSPS) is 10.9. The van der Waals surface area contributed by atoms with E-state index in [2.05, 4.69) is 35.6 Å². The maximum atomic E-state index is 14.5. The van der Waals surface area contributed by atoms with Crippen molar-refractivity contribution >= 4 is 11.7 Å². The minimum absolute atomic E-state index is 0.300. The Hall–Kier alpha value is -3.35. The second-order valence-electron chi connectivity index (χ2n) is 7.58. The lowest BCUT2D eigenvalue weighted by Gasteiger charge is -2.16. The molecule has 7 heteroatoms. The topological polar surface area (TPSA) is 68.2 Å². The molecule has 158 valence electrons. The number of carbonyl (C=O) groups is 1. The van der Waals surface area contributed by atoms with Crippen LogP contribution in [0.1, 0.15) is 36.5 Å². The van der Waals surface area contributed by atoms with Crippen LogP contribution in [0.2, 0.25) is 0 Å². The Kier molecular flexibility index (Phi) is 6.40. The molecule has 6 nitrogen and oxygen atoms in total. The summed E-state index contributed by atoms with van der Waals surface area (Å²) in [5.74, 6) is 0.725. The van der Waals surface area contributed by atoms with Gasteiger partial charge in [-0.2, -0.15) is 5.10 Å². The van der Waals surface area contributed by atoms with E-state index >= 15 is 0 Å². The van der Waals surface area contributed by atoms with Gasteiger partial charge in [0.15, 0.2) is 0 Å². The molecule has 0 aliphatic heterocycles. The van der Waals surface area contributed by atoms with Crippen molar-refractivity contribution in [2.75, 3.05) is 12.4 Å². The molecule has 0 aliphatic carbocycles. The predicted molar refractivity (Wildman–Crippen MR) is 116 cm³/mol. The number of rotatable bonds is 6. The lowest BCUT2D eigenvalue weighted by Crippen LogP contribution is -2.28. The first-order valence-electron chi connectivity index (χ1n) is 9.79. The molecular formula is C23H27FN4O2. The van der Waals surface area contributed by atoms with Crippen LogP contribution in [0.5, 0.6) is 5.75 Å². The van der Waals surface area contributed by atoms with Gasteiger partial charge < -0.3 is 15.4 Å². The molecule has 2 amide bonds. The standard InChI is InChI=1S/C23H27FN4O2/c1-14(2)20-9-16(15(3)8-22(20)30-5)11-25-23(29)27-18-6-7-19(21(24)10-18)17-12-26-28(4)13-17/h6-10,12-14H,11H2,1-5H3,(H2,25,27,29). The minimum atomic E-state index is -0.423. The fourth-order valence-electron chi connectivity index (χ4n) is 3.30. The number of hydrogen-bond acceptors (Lipinski definition) is 3. The molecule has 0 radical (unpaired) electrons. The Bertz CT molecular complexity index is 1060. The number of benzene rings is 2. The van der Waals surface area contributed by atoms with E-state index in [4.69, 9.17) is 4.74 Å². The second kappa shape index (κ2) is 8.98. The van der Waals surface area contributed by atoms with Gasteiger partial charge in [-0.25, -0.2) is 9.18 Å². The van der Waals surface area contributed by atoms with Crippen molar-refractivity contribution in [3.8, 4) is 16.9 Å². The number of nitrogens with one attached hydrogen (secondary N) is 2. The number of amides is 2. The first-order chi connectivity index (χ1) is 14.3. The molecule has 2 N–H and O–H groups in total. The van der Waals surface area contributed by atoms with Crippen LogP contribution in [0.15, 0.2) is 42.7 Å². The molecule has 0 atom stereocenters. The van der Waals surface area contributed by atoms with Gasteiger partial charge in [-0.05, 0) is 59.9 Å². The molecule has 2 aromatic carbocycles. The maximum absolute atomic E-state index is 14.5. The molecule has 1 heterocycles. The number of urea groups is 1. The Balaban J connectivity index is 1.66. The Morgan fingerprint density at radius 3 is 2.63 bits per heavy atom. The number of halogens is 1. The van der Waals surface area contributed by atoms with Gasteiger partial charge in [-0.15, -0.1) is 0 Å². The number of anilines is 1. The van der Waals surface area contributed by atoms with Gasteiger partial charge in [0.1, 0.15) is 11.6 Å². The monoisotopic (exact) mass is 410 g/mol. The molecular weight excluding hydrogens is 383 g/mol. The highest BCUT2D eigenvalue weighted by Gasteiger charge is 2.13. The average Bonchev–Trinajstić information content (AvgIpc) is 3.12. The molecule has 0 saturated heterocycles. The third kappa shape index (κ3) is 4.79. The van der Waals surface area contributed by atoms with Gasteiger partial charge >= 0.3 is 6.03 Å². The SMILES string of the molecule is COc1cc(C)c(CNC(=O)Nc2ccc(-c3cnn(C)c3)c(F)c2)cc1C(C)C. The molecule has 3 rings (SSSR count). The van der Waals surface area contributed by atoms with Gasteiger partial charge in [-0.1, -0.05) is 13.8 Å². The fourth-order valence-corrected chi connectivity index (χ4v) is 3.30. The van der Waals surface area contributed by atoms with Crippen LogP contribution in [0, 0.1) is 12.7 Å². The summed E-state index contributed by atoms with van der Waals surface area (Å²) in [4.78, 5) is 12.3. The van der Waals surface area contributed by atoms with Gasteiger partial charge in [-0.3, -0.25) is 4.68 Å². The first-order valence-corrected chi connectivity index (χ1v) is 9.79. The van der Waals surface area contributed by atoms with Crippen LogP contribution in [-0.4, -0.2) is 22.9 Å². The highest BCUT2D eigenvalue weighted by Crippen LogP contribution is 2.29. The molecule has 0 fully saturated rings. The van der Waals surface area contributed by atoms with E-state index in [-0.39, 0.29) is 0 Å². The average molecular weight is 410 g/mol. The van der Waals surface area contributed by atoms with Gasteiger partial charge in [0.05, 0.1) is 13.3 Å². The van der Waals surface area contributed by atoms with Crippen LogP contribution >= 0.6 is 0 Å². The second-order valence-corrected chi connectivity index (χ2v) is 7.58. The molecule has 0 saturated carbocycles. The first kappa shape index (κ1) is 21.4. The number of aryl methyl sites for hydroxylation is 2. The highest BCUT2D eigenvalue weighted by molar-refractivity contribution is 5.89. The number of methoxy groups -OCH3 is 1. The molecule has 3 aromatic rings. The van der Waals surface area contributed by atoms with Crippen LogP contribution < -0.4 is 15.4 Å². The van der Waals surface area contributed by atoms with Crippen molar-refractivity contribution in [3.05, 3.63) is 65.2 Å². The van der Waals surface area contributed by atoms with Gasteiger partial charge in [0.25, 0.3) is 0 Å². The number of aromatic nitrogens is 2. The molecule has 1 aromatic heterocycles. The third-order valence-electron chi connectivity index (χ3n) is 4.99. The van der Waals surface area contributed by atoms with E-state index in [1.165, 1.54) is 6.07 Å². The Labute approximate surface area is 176 Å². The zero-order valence-electron chi connectivity index (χ0n) is 17.9. The van der Waals surface area contributed by atoms with Crippen molar-refractivity contribution in [2.45, 2.75) is 33.2 Å². The lowest BCUT2D eigenvalue weighted by atomic mass is 9.96. The van der Waals surface area contributed by atoms with E-state index in [9.17, 15) is 9.18 Å². The summed E-state index contributed by atoms with van der Waals surface area (Å²) in [6.07, 6.45) is 3.33. The smallest absolute Gasteiger partial charge is 0.319 e. The quantitative estimate of drug-likeness (QED) is 0.602. The van der Waals surface area contributed by atoms with Crippen molar-refractivity contribution in [1.29, 1.82) is 0 Å². The summed E-state index contributed by atoms with van der Waals surface area (Å²) >= 11 is 0. The summed E-state index contributed by atoms with van der Waals surface area (Å²) in [7, 11) is 3.43. The van der Waals surface area contributed by atoms with Gasteiger partial charge in [0, 0.05) is 36.6 Å². The fraction of sp³-hybridized carbons (Fsp3) is 0.304. The van der Waals surface area contributed by atoms with E-state index < -0.39 is 11.8 Å². The van der Waals surface area contributed by atoms with Crippen molar-refractivity contribution < 1.29 is 13.9 Å². The summed E-state index contributed by atoms with van der Waals surface area (Å²) in [5, 5.41) is 9.57. The maximum Gasteiger partial charge on any atom is 0.319 e. The van der Waals surface area contributed by atoms with E-state index in [0.29, 0.717) is 29.3 Å². The number of ether oxygens (including phenoxy) is 1. The Morgan fingerprint density at radius 2 is 2.03 bits per heavy atom. The molecule has 0 aliphatic rings. The third-order valence-corrected chi connectivity index (χ3v) is 4.99. The zero-order valence-corrected chi connectivity index (χ0v) is 17.9. The number of carbonyl (C=O) groups excluding carboxylic acids is 1. The minimum Gasteiger partial charge on any atom is -0.496 e. The summed E-state index contributed by atoms with van der Waals surface area (Å²) in [6.45, 7) is 6.54. The summed E-state index contributed by atoms with van der Waals surface area (Å²) in [6, 6.07) is 8.24. The zero-order chi connectivity index (χ0) is 21.8. The van der Waals surface area contributed by atoms with Crippen LogP contribution in [0.4, 0.5) is 14.9 Å². The van der Waals surface area contributed by atoms with Crippen molar-refractivity contribution in [2.24, 2.45) is 7.05 Å². The van der Waals surface area contributed by atoms with Crippen molar-refractivity contribution in [3.63, 3.8) is 0 Å².